The Kier molecular flexibility index (Phi) is 3.55. The second-order valence-corrected chi connectivity index (χ2v) is 5.40. The van der Waals surface area contributed by atoms with Crippen molar-refractivity contribution in [3.63, 3.8) is 0 Å². The van der Waals surface area contributed by atoms with E-state index in [0.29, 0.717) is 11.4 Å². The van der Waals surface area contributed by atoms with E-state index in [1.54, 1.807) is 19.1 Å². The summed E-state index contributed by atoms with van der Waals surface area (Å²) in [5, 5.41) is 0. The third-order valence-corrected chi connectivity index (χ3v) is 3.75. The number of hydrogen-bond donors (Lipinski definition) is 1. The lowest BCUT2D eigenvalue weighted by Gasteiger charge is -2.16. The minimum Gasteiger partial charge on any atom is -0.379 e. The second-order valence-electron chi connectivity index (χ2n) is 5.40. The Balaban J connectivity index is 2.50. The number of hydrogen-bond acceptors (Lipinski definition) is 4. The molecule has 2 N–H and O–H groups in total. The van der Waals surface area contributed by atoms with Crippen LogP contribution in [0.4, 0.5) is 19.0 Å². The lowest BCUT2D eigenvalue weighted by molar-refractivity contribution is -0.137. The summed E-state index contributed by atoms with van der Waals surface area (Å²) in [5.41, 5.74) is 5.25. The maximum absolute atomic E-state index is 13.2. The summed E-state index contributed by atoms with van der Waals surface area (Å²) in [6.45, 7) is 2.99. The summed E-state index contributed by atoms with van der Waals surface area (Å²) in [7, 11) is 0. The molecule has 0 aliphatic heterocycles. The van der Waals surface area contributed by atoms with Crippen LogP contribution in [-0.2, 0) is 6.18 Å². The van der Waals surface area contributed by atoms with Crippen molar-refractivity contribution in [2.45, 2.75) is 20.0 Å². The summed E-state index contributed by atoms with van der Waals surface area (Å²) in [6, 6.07) is 5.38. The van der Waals surface area contributed by atoms with Crippen LogP contribution in [0, 0.1) is 13.8 Å². The van der Waals surface area contributed by atoms with Crippen LogP contribution in [0.5, 0.6) is 0 Å². The molecule has 0 aliphatic carbocycles. The van der Waals surface area contributed by atoms with Gasteiger partial charge in [0.05, 0.1) is 28.0 Å². The largest absolute Gasteiger partial charge is 0.416 e. The van der Waals surface area contributed by atoms with E-state index in [0.717, 1.165) is 10.6 Å². The molecule has 2 aromatic heterocycles. The number of rotatable bonds is 1. The van der Waals surface area contributed by atoms with E-state index in [4.69, 9.17) is 5.73 Å². The van der Waals surface area contributed by atoms with Gasteiger partial charge in [-0.05, 0) is 43.7 Å². The standard InChI is InChI=1S/C16H13F3N4O/c1-8-6-11-13(7-10(8)16(17,18)19)23(15(24)14(20)22-11)12-4-3-5-21-9(12)2/h3-7H,1-2H3,(H2,20,22). The number of aryl methyl sites for hydroxylation is 2. The highest BCUT2D eigenvalue weighted by Crippen LogP contribution is 2.34. The first kappa shape index (κ1) is 16.0. The van der Waals surface area contributed by atoms with E-state index in [1.165, 1.54) is 19.2 Å². The van der Waals surface area contributed by atoms with Gasteiger partial charge in [0.1, 0.15) is 0 Å². The van der Waals surface area contributed by atoms with Crippen LogP contribution in [0.25, 0.3) is 16.7 Å². The van der Waals surface area contributed by atoms with Gasteiger partial charge in [0.15, 0.2) is 5.82 Å². The van der Waals surface area contributed by atoms with Gasteiger partial charge in [0.2, 0.25) is 0 Å². The summed E-state index contributed by atoms with van der Waals surface area (Å²) in [5.74, 6) is -0.287. The fourth-order valence-electron chi connectivity index (χ4n) is 2.61. The Bertz CT molecular complexity index is 1010. The molecule has 5 nitrogen and oxygen atoms in total. The van der Waals surface area contributed by atoms with E-state index in [2.05, 4.69) is 9.97 Å². The molecule has 0 atom stereocenters. The molecule has 0 unspecified atom stereocenters. The summed E-state index contributed by atoms with van der Waals surface area (Å²) < 4.78 is 40.8. The average molecular weight is 334 g/mol. The van der Waals surface area contributed by atoms with E-state index in [9.17, 15) is 18.0 Å². The molecule has 24 heavy (non-hydrogen) atoms. The van der Waals surface area contributed by atoms with Crippen molar-refractivity contribution in [3.8, 4) is 5.69 Å². The maximum atomic E-state index is 13.2. The minimum absolute atomic E-state index is 0.00927. The van der Waals surface area contributed by atoms with Gasteiger partial charge in [-0.3, -0.25) is 14.3 Å². The quantitative estimate of drug-likeness (QED) is 0.742. The predicted octanol–water partition coefficient (Wildman–Crippen LogP) is 3.00. The van der Waals surface area contributed by atoms with Gasteiger partial charge >= 0.3 is 6.18 Å². The molecule has 0 saturated carbocycles. The van der Waals surface area contributed by atoms with Crippen molar-refractivity contribution in [1.29, 1.82) is 0 Å². The molecule has 1 aromatic carbocycles. The zero-order valence-electron chi connectivity index (χ0n) is 12.8. The lowest BCUT2D eigenvalue weighted by atomic mass is 10.1. The SMILES string of the molecule is Cc1cc2nc(N)c(=O)n(-c3cccnc3C)c2cc1C(F)(F)F. The van der Waals surface area contributed by atoms with Gasteiger partial charge in [0.25, 0.3) is 5.56 Å². The molecule has 124 valence electrons. The Morgan fingerprint density at radius 2 is 1.92 bits per heavy atom. The number of alkyl halides is 3. The molecular weight excluding hydrogens is 321 g/mol. The maximum Gasteiger partial charge on any atom is 0.416 e. The molecule has 2 heterocycles. The monoisotopic (exact) mass is 334 g/mol. The third kappa shape index (κ3) is 2.49. The van der Waals surface area contributed by atoms with Crippen LogP contribution >= 0.6 is 0 Å². The highest BCUT2D eigenvalue weighted by atomic mass is 19.4. The van der Waals surface area contributed by atoms with Crippen molar-refractivity contribution < 1.29 is 13.2 Å². The fourth-order valence-corrected chi connectivity index (χ4v) is 2.61. The van der Waals surface area contributed by atoms with Gasteiger partial charge in [-0.2, -0.15) is 13.2 Å². The van der Waals surface area contributed by atoms with Gasteiger partial charge < -0.3 is 5.73 Å². The number of anilines is 1. The first-order valence-corrected chi connectivity index (χ1v) is 7.02. The molecule has 0 aliphatic rings. The topological polar surface area (TPSA) is 73.8 Å². The van der Waals surface area contributed by atoms with Crippen molar-refractivity contribution in [2.24, 2.45) is 0 Å². The Labute approximate surface area is 134 Å². The van der Waals surface area contributed by atoms with Crippen LogP contribution in [0.3, 0.4) is 0 Å². The molecule has 0 amide bonds. The van der Waals surface area contributed by atoms with Crippen molar-refractivity contribution in [2.75, 3.05) is 5.73 Å². The van der Waals surface area contributed by atoms with E-state index in [-0.39, 0.29) is 22.4 Å². The molecular formula is C16H13F3N4O. The predicted molar refractivity (Wildman–Crippen MR) is 84.0 cm³/mol. The molecule has 0 radical (unpaired) electrons. The van der Waals surface area contributed by atoms with Gasteiger partial charge in [-0.25, -0.2) is 4.98 Å². The first-order chi connectivity index (χ1) is 11.2. The van der Waals surface area contributed by atoms with Crippen LogP contribution < -0.4 is 11.3 Å². The molecule has 0 saturated heterocycles. The average Bonchev–Trinajstić information content (AvgIpc) is 2.48. The normalized spacial score (nSPS) is 11.9. The highest BCUT2D eigenvalue weighted by Gasteiger charge is 2.33. The smallest absolute Gasteiger partial charge is 0.379 e. The van der Waals surface area contributed by atoms with Crippen molar-refractivity contribution in [3.05, 3.63) is 57.6 Å². The fraction of sp³-hybridized carbons (Fsp3) is 0.188. The van der Waals surface area contributed by atoms with Crippen molar-refractivity contribution in [1.82, 2.24) is 14.5 Å². The van der Waals surface area contributed by atoms with E-state index in [1.807, 2.05) is 0 Å². The second kappa shape index (κ2) is 5.33. The van der Waals surface area contributed by atoms with E-state index < -0.39 is 17.3 Å². The van der Waals surface area contributed by atoms with Crippen LogP contribution in [0.15, 0.2) is 35.3 Å². The zero-order valence-corrected chi connectivity index (χ0v) is 12.8. The number of pyridine rings is 1. The van der Waals surface area contributed by atoms with E-state index >= 15 is 0 Å². The Morgan fingerprint density at radius 3 is 2.54 bits per heavy atom. The van der Waals surface area contributed by atoms with Gasteiger partial charge in [0, 0.05) is 6.20 Å². The minimum atomic E-state index is -4.54. The van der Waals surface area contributed by atoms with Crippen LogP contribution in [-0.4, -0.2) is 14.5 Å². The number of fused-ring (bicyclic) bond motifs is 1. The number of halogens is 3. The summed E-state index contributed by atoms with van der Waals surface area (Å²) in [4.78, 5) is 20.5. The van der Waals surface area contributed by atoms with Crippen molar-refractivity contribution >= 4 is 16.9 Å². The molecule has 3 rings (SSSR count). The Morgan fingerprint density at radius 1 is 1.21 bits per heavy atom. The number of nitrogen functional groups attached to an aromatic ring is 1. The Hall–Kier alpha value is -2.90. The molecule has 0 spiro atoms. The summed E-state index contributed by atoms with van der Waals surface area (Å²) in [6.07, 6.45) is -3.01. The van der Waals surface area contributed by atoms with Crippen LogP contribution in [0.1, 0.15) is 16.8 Å². The first-order valence-electron chi connectivity index (χ1n) is 7.02. The van der Waals surface area contributed by atoms with Crippen LogP contribution in [0.2, 0.25) is 0 Å². The lowest BCUT2D eigenvalue weighted by Crippen LogP contribution is -2.24. The zero-order chi connectivity index (χ0) is 17.6. The molecule has 0 fully saturated rings. The highest BCUT2D eigenvalue weighted by molar-refractivity contribution is 5.80. The third-order valence-electron chi connectivity index (χ3n) is 3.75. The number of benzene rings is 1. The number of nitrogens with zero attached hydrogens (tertiary/aromatic N) is 3. The summed E-state index contributed by atoms with van der Waals surface area (Å²) >= 11 is 0. The number of nitrogens with two attached hydrogens (primary N) is 1. The number of aromatic nitrogens is 3. The molecule has 8 heteroatoms. The molecule has 3 aromatic rings. The molecule has 0 bridgehead atoms. The van der Waals surface area contributed by atoms with Gasteiger partial charge in [-0.15, -0.1) is 0 Å². The van der Waals surface area contributed by atoms with Gasteiger partial charge in [-0.1, -0.05) is 0 Å².